The third-order valence-corrected chi connectivity index (χ3v) is 6.16. The summed E-state index contributed by atoms with van der Waals surface area (Å²) in [5.74, 6) is -1.42. The molecule has 0 aliphatic rings. The molecule has 4 nitrogen and oxygen atoms in total. The maximum absolute atomic E-state index is 13.6. The van der Waals surface area contributed by atoms with Crippen LogP contribution in [-0.4, -0.2) is 27.5 Å². The third-order valence-electron chi connectivity index (χ3n) is 2.36. The Labute approximate surface area is 128 Å². The SMILES string of the molecule is C=CC(C(F)(F)Cl)S(=O)(=O)c1cc(S(=O)(=O)Cl)ccc1F. The van der Waals surface area contributed by atoms with Gasteiger partial charge in [0.1, 0.15) is 10.7 Å². The summed E-state index contributed by atoms with van der Waals surface area (Å²) in [4.78, 5) is -2.03. The molecule has 0 saturated carbocycles. The fourth-order valence-electron chi connectivity index (χ4n) is 1.43. The van der Waals surface area contributed by atoms with Gasteiger partial charge in [-0.1, -0.05) is 6.08 Å². The molecule has 0 saturated heterocycles. The van der Waals surface area contributed by atoms with E-state index >= 15 is 0 Å². The number of sulfone groups is 1. The number of alkyl halides is 3. The van der Waals surface area contributed by atoms with E-state index in [2.05, 4.69) is 18.2 Å². The minimum absolute atomic E-state index is 0.323. The number of hydrogen-bond donors (Lipinski definition) is 0. The molecule has 0 radical (unpaired) electrons. The average Bonchev–Trinajstić information content (AvgIpc) is 2.25. The molecule has 1 aromatic rings. The van der Waals surface area contributed by atoms with Crippen LogP contribution in [0.4, 0.5) is 13.2 Å². The lowest BCUT2D eigenvalue weighted by atomic mass is 10.3. The zero-order chi connectivity index (χ0) is 16.6. The molecule has 1 aromatic carbocycles. The molecule has 0 aliphatic heterocycles. The van der Waals surface area contributed by atoms with Gasteiger partial charge in [0, 0.05) is 10.7 Å². The minimum Gasteiger partial charge on any atom is -0.223 e. The second kappa shape index (κ2) is 5.79. The van der Waals surface area contributed by atoms with Crippen LogP contribution in [0.1, 0.15) is 0 Å². The Kier molecular flexibility index (Phi) is 5.04. The molecule has 0 aromatic heterocycles. The standard InChI is InChI=1S/C10H7Cl2F3O4S2/c1-2-9(10(11,14)15)20(16,17)8-5-6(21(12,18)19)3-4-7(8)13/h2-5,9H,1H2. The average molecular weight is 383 g/mol. The van der Waals surface area contributed by atoms with Crippen LogP contribution in [0.2, 0.25) is 0 Å². The summed E-state index contributed by atoms with van der Waals surface area (Å²) in [7, 11) is -4.40. The molecule has 1 atom stereocenters. The molecule has 118 valence electrons. The Morgan fingerprint density at radius 3 is 2.14 bits per heavy atom. The zero-order valence-corrected chi connectivity index (χ0v) is 13.1. The Morgan fingerprint density at radius 1 is 1.24 bits per heavy atom. The number of halogens is 5. The molecule has 0 fully saturated rings. The van der Waals surface area contributed by atoms with Crippen molar-refractivity contribution in [1.82, 2.24) is 0 Å². The first-order valence-electron chi connectivity index (χ1n) is 4.99. The van der Waals surface area contributed by atoms with Gasteiger partial charge in [-0.15, -0.1) is 6.58 Å². The predicted octanol–water partition coefficient (Wildman–Crippen LogP) is 2.91. The van der Waals surface area contributed by atoms with Crippen molar-refractivity contribution < 1.29 is 30.0 Å². The van der Waals surface area contributed by atoms with Crippen molar-refractivity contribution in [2.75, 3.05) is 0 Å². The molecule has 0 amide bonds. The highest BCUT2D eigenvalue weighted by Gasteiger charge is 2.46. The second-order valence-electron chi connectivity index (χ2n) is 3.77. The second-order valence-corrected chi connectivity index (χ2v) is 8.88. The van der Waals surface area contributed by atoms with Crippen LogP contribution in [0.5, 0.6) is 0 Å². The fourth-order valence-corrected chi connectivity index (χ4v) is 4.23. The fraction of sp³-hybridized carbons (Fsp3) is 0.200. The van der Waals surface area contributed by atoms with Crippen molar-refractivity contribution in [1.29, 1.82) is 0 Å². The zero-order valence-electron chi connectivity index (χ0n) is 9.93. The maximum atomic E-state index is 13.6. The minimum atomic E-state index is -5.02. The molecule has 21 heavy (non-hydrogen) atoms. The van der Waals surface area contributed by atoms with E-state index in [0.717, 1.165) is 0 Å². The summed E-state index contributed by atoms with van der Waals surface area (Å²) in [5, 5.41) is -6.91. The van der Waals surface area contributed by atoms with E-state index in [9.17, 15) is 30.0 Å². The Hall–Kier alpha value is -0.770. The summed E-state index contributed by atoms with van der Waals surface area (Å²) in [6.07, 6.45) is 0.323. The van der Waals surface area contributed by atoms with E-state index in [1.165, 1.54) is 0 Å². The van der Waals surface area contributed by atoms with Gasteiger partial charge in [-0.25, -0.2) is 21.2 Å². The van der Waals surface area contributed by atoms with Crippen LogP contribution in [-0.2, 0) is 18.9 Å². The van der Waals surface area contributed by atoms with E-state index < -0.39 is 45.1 Å². The summed E-state index contributed by atoms with van der Waals surface area (Å²) in [6.45, 7) is 2.91. The first-order chi connectivity index (χ1) is 9.31. The molecule has 0 N–H and O–H groups in total. The van der Waals surface area contributed by atoms with E-state index in [0.29, 0.717) is 24.3 Å². The van der Waals surface area contributed by atoms with E-state index in [1.54, 1.807) is 0 Å². The number of benzene rings is 1. The Bertz CT molecular complexity index is 770. The van der Waals surface area contributed by atoms with Crippen molar-refractivity contribution in [3.8, 4) is 0 Å². The van der Waals surface area contributed by atoms with Gasteiger partial charge < -0.3 is 0 Å². The van der Waals surface area contributed by atoms with Gasteiger partial charge in [-0.05, 0) is 29.8 Å². The van der Waals surface area contributed by atoms with Crippen molar-refractivity contribution >= 4 is 41.2 Å². The molecule has 1 unspecified atom stereocenters. The van der Waals surface area contributed by atoms with Crippen molar-refractivity contribution in [3.63, 3.8) is 0 Å². The number of hydrogen-bond acceptors (Lipinski definition) is 4. The van der Waals surface area contributed by atoms with Crippen molar-refractivity contribution in [2.45, 2.75) is 20.4 Å². The largest absolute Gasteiger partial charge is 0.342 e. The normalized spacial score (nSPS) is 14.7. The molecular weight excluding hydrogens is 376 g/mol. The van der Waals surface area contributed by atoms with Gasteiger partial charge >= 0.3 is 5.38 Å². The van der Waals surface area contributed by atoms with E-state index in [1.807, 2.05) is 0 Å². The lowest BCUT2D eigenvalue weighted by molar-refractivity contribution is 0.103. The lowest BCUT2D eigenvalue weighted by Gasteiger charge is -2.19. The van der Waals surface area contributed by atoms with Gasteiger partial charge in [0.05, 0.1) is 4.90 Å². The lowest BCUT2D eigenvalue weighted by Crippen LogP contribution is -2.34. The highest BCUT2D eigenvalue weighted by atomic mass is 35.7. The topological polar surface area (TPSA) is 68.3 Å². The van der Waals surface area contributed by atoms with E-state index in [-0.39, 0.29) is 0 Å². The van der Waals surface area contributed by atoms with Crippen LogP contribution in [0.15, 0.2) is 40.6 Å². The van der Waals surface area contributed by atoms with Crippen LogP contribution in [0, 0.1) is 5.82 Å². The van der Waals surface area contributed by atoms with Gasteiger partial charge in [0.15, 0.2) is 15.1 Å². The first kappa shape index (κ1) is 18.3. The van der Waals surface area contributed by atoms with Gasteiger partial charge in [-0.2, -0.15) is 8.78 Å². The molecular formula is C10H7Cl2F3O4S2. The predicted molar refractivity (Wildman–Crippen MR) is 71.4 cm³/mol. The van der Waals surface area contributed by atoms with Gasteiger partial charge in [0.25, 0.3) is 9.05 Å². The monoisotopic (exact) mass is 382 g/mol. The molecule has 0 heterocycles. The summed E-state index contributed by atoms with van der Waals surface area (Å²) >= 11 is 4.67. The van der Waals surface area contributed by atoms with Crippen LogP contribution in [0.25, 0.3) is 0 Å². The van der Waals surface area contributed by atoms with Crippen molar-refractivity contribution in [2.24, 2.45) is 0 Å². The highest BCUT2D eigenvalue weighted by Crippen LogP contribution is 2.35. The third kappa shape index (κ3) is 3.91. The van der Waals surface area contributed by atoms with E-state index in [4.69, 9.17) is 10.7 Å². The summed E-state index contributed by atoms with van der Waals surface area (Å²) in [6, 6.07) is 1.51. The van der Waals surface area contributed by atoms with Gasteiger partial charge in [0.2, 0.25) is 0 Å². The summed E-state index contributed by atoms with van der Waals surface area (Å²) in [5.41, 5.74) is 0. The maximum Gasteiger partial charge on any atom is 0.342 e. The number of rotatable bonds is 5. The molecule has 0 spiro atoms. The Balaban J connectivity index is 3.63. The molecule has 1 rings (SSSR count). The van der Waals surface area contributed by atoms with Crippen molar-refractivity contribution in [3.05, 3.63) is 36.7 Å². The van der Waals surface area contributed by atoms with Gasteiger partial charge in [-0.3, -0.25) is 0 Å². The molecule has 0 bridgehead atoms. The van der Waals surface area contributed by atoms with Crippen LogP contribution in [0.3, 0.4) is 0 Å². The highest BCUT2D eigenvalue weighted by molar-refractivity contribution is 8.13. The van der Waals surface area contributed by atoms with Crippen LogP contribution < -0.4 is 0 Å². The first-order valence-corrected chi connectivity index (χ1v) is 9.22. The Morgan fingerprint density at radius 2 is 1.76 bits per heavy atom. The smallest absolute Gasteiger partial charge is 0.223 e. The summed E-state index contributed by atoms with van der Waals surface area (Å²) < 4.78 is 86.0. The van der Waals surface area contributed by atoms with Crippen LogP contribution >= 0.6 is 22.3 Å². The molecule has 0 aliphatic carbocycles. The quantitative estimate of drug-likeness (QED) is 0.446. The molecule has 11 heteroatoms.